The van der Waals surface area contributed by atoms with Gasteiger partial charge in [0.05, 0.1) is 24.2 Å². The third kappa shape index (κ3) is 4.32. The number of ether oxygens (including phenoxy) is 2. The van der Waals surface area contributed by atoms with Gasteiger partial charge in [-0.2, -0.15) is 0 Å². The molecule has 3 aromatic rings. The van der Waals surface area contributed by atoms with E-state index in [2.05, 4.69) is 23.1 Å². The predicted molar refractivity (Wildman–Crippen MR) is 133 cm³/mol. The van der Waals surface area contributed by atoms with E-state index in [-0.39, 0.29) is 23.9 Å². The fourth-order valence-corrected chi connectivity index (χ4v) is 5.48. The molecular formula is C27H30N4O4. The smallest absolute Gasteiger partial charge is 0.407 e. The van der Waals surface area contributed by atoms with E-state index in [0.29, 0.717) is 26.1 Å². The number of rotatable bonds is 4. The normalized spacial score (nSPS) is 21.7. The number of nitrogens with one attached hydrogen (secondary N) is 2. The molecule has 2 N–H and O–H groups in total. The maximum absolute atomic E-state index is 13.9. The van der Waals surface area contributed by atoms with Crippen LogP contribution in [0.1, 0.15) is 50.0 Å². The number of likely N-dealkylation sites (tertiary alicyclic amines) is 1. The topological polar surface area (TPSA) is 96.6 Å². The summed E-state index contributed by atoms with van der Waals surface area (Å²) in [7, 11) is 1.31. The molecule has 2 aromatic carbocycles. The maximum atomic E-state index is 13.9. The Morgan fingerprint density at radius 1 is 1.23 bits per heavy atom. The zero-order chi connectivity index (χ0) is 24.5. The van der Waals surface area contributed by atoms with Gasteiger partial charge >= 0.3 is 6.09 Å². The summed E-state index contributed by atoms with van der Waals surface area (Å²) >= 11 is 0. The number of carbonyl (C=O) groups excluding carboxylic acids is 2. The molecule has 2 aliphatic rings. The molecule has 5 rings (SSSR count). The van der Waals surface area contributed by atoms with Crippen LogP contribution in [0.15, 0.2) is 30.3 Å². The molecule has 8 heteroatoms. The Balaban J connectivity index is 1.49. The van der Waals surface area contributed by atoms with E-state index in [1.165, 1.54) is 7.11 Å². The standard InChI is InChI=1S/C27H30N4O4/c1-4-17-6-8-20-19(15-17)7-9-21-24(20)29-25(28-21)22-10-5-16(2)31(22)26(32)23(30-27(33)34-3)18-11-13-35-14-12-18/h1,6-9,15-16,18,22-23H,5,10-14H2,2-3H3,(H,28,29)(H,30,33)/t16-,22-,23-/m0/s1. The van der Waals surface area contributed by atoms with E-state index in [9.17, 15) is 9.59 Å². The number of fused-ring (bicyclic) bond motifs is 3. The van der Waals surface area contributed by atoms with Crippen LogP contribution in [0.25, 0.3) is 21.8 Å². The van der Waals surface area contributed by atoms with E-state index in [1.54, 1.807) is 0 Å². The molecule has 182 valence electrons. The molecule has 2 amide bonds. The lowest BCUT2D eigenvalue weighted by Crippen LogP contribution is -2.54. The highest BCUT2D eigenvalue weighted by Crippen LogP contribution is 2.38. The van der Waals surface area contributed by atoms with Crippen LogP contribution in [-0.4, -0.2) is 59.3 Å². The van der Waals surface area contributed by atoms with Gasteiger partial charge in [0.2, 0.25) is 5.91 Å². The molecule has 0 spiro atoms. The lowest BCUT2D eigenvalue weighted by Gasteiger charge is -2.36. The van der Waals surface area contributed by atoms with Crippen LogP contribution in [0.2, 0.25) is 0 Å². The summed E-state index contributed by atoms with van der Waals surface area (Å²) in [6.07, 6.45) is 8.05. The van der Waals surface area contributed by atoms with Crippen molar-refractivity contribution in [1.29, 1.82) is 0 Å². The zero-order valence-corrected chi connectivity index (χ0v) is 20.0. The van der Waals surface area contributed by atoms with Crippen LogP contribution < -0.4 is 5.32 Å². The van der Waals surface area contributed by atoms with Gasteiger partial charge in [-0.25, -0.2) is 9.78 Å². The quantitative estimate of drug-likeness (QED) is 0.559. The summed E-state index contributed by atoms with van der Waals surface area (Å²) in [6.45, 7) is 3.21. The number of imidazole rings is 1. The predicted octanol–water partition coefficient (Wildman–Crippen LogP) is 3.90. The summed E-state index contributed by atoms with van der Waals surface area (Å²) < 4.78 is 10.3. The van der Waals surface area contributed by atoms with Gasteiger partial charge in [0, 0.05) is 30.2 Å². The van der Waals surface area contributed by atoms with E-state index < -0.39 is 12.1 Å². The van der Waals surface area contributed by atoms with Crippen molar-refractivity contribution in [3.8, 4) is 12.3 Å². The molecule has 0 saturated carbocycles. The van der Waals surface area contributed by atoms with Crippen LogP contribution in [0.4, 0.5) is 4.79 Å². The Kier molecular flexibility index (Phi) is 6.35. The van der Waals surface area contributed by atoms with Crippen molar-refractivity contribution in [2.24, 2.45) is 5.92 Å². The number of aromatic nitrogens is 2. The largest absolute Gasteiger partial charge is 0.453 e. The molecular weight excluding hydrogens is 444 g/mol. The number of methoxy groups -OCH3 is 1. The number of benzene rings is 2. The number of terminal acetylenes is 1. The summed E-state index contributed by atoms with van der Waals surface area (Å²) in [6, 6.07) is 9.07. The molecule has 8 nitrogen and oxygen atoms in total. The summed E-state index contributed by atoms with van der Waals surface area (Å²) in [4.78, 5) is 36.4. The van der Waals surface area contributed by atoms with Crippen LogP contribution >= 0.6 is 0 Å². The number of alkyl carbamates (subject to hydrolysis) is 1. The summed E-state index contributed by atoms with van der Waals surface area (Å²) in [5, 5.41) is 4.89. The second-order valence-electron chi connectivity index (χ2n) is 9.41. The molecule has 2 aliphatic heterocycles. The number of carbonyl (C=O) groups is 2. The van der Waals surface area contributed by atoms with Gasteiger partial charge in [0.15, 0.2) is 0 Å². The van der Waals surface area contributed by atoms with E-state index >= 15 is 0 Å². The Labute approximate surface area is 204 Å². The molecule has 3 heterocycles. The number of hydrogen-bond acceptors (Lipinski definition) is 5. The fraction of sp³-hybridized carbons (Fsp3) is 0.444. The molecule has 0 radical (unpaired) electrons. The minimum atomic E-state index is -0.665. The van der Waals surface area contributed by atoms with Gasteiger partial charge in [-0.3, -0.25) is 4.79 Å². The van der Waals surface area contributed by atoms with Crippen molar-refractivity contribution in [2.45, 2.75) is 50.7 Å². The number of amides is 2. The Hall–Kier alpha value is -3.57. The average Bonchev–Trinajstić information content (AvgIpc) is 3.50. The highest BCUT2D eigenvalue weighted by Gasteiger charge is 2.43. The number of aromatic amines is 1. The molecule has 2 fully saturated rings. The van der Waals surface area contributed by atoms with Crippen molar-refractivity contribution in [3.05, 3.63) is 41.7 Å². The second kappa shape index (κ2) is 9.59. The molecule has 2 saturated heterocycles. The Morgan fingerprint density at radius 3 is 2.77 bits per heavy atom. The average molecular weight is 475 g/mol. The highest BCUT2D eigenvalue weighted by atomic mass is 16.5. The van der Waals surface area contributed by atoms with Crippen LogP contribution in [-0.2, 0) is 14.3 Å². The van der Waals surface area contributed by atoms with Crippen molar-refractivity contribution in [2.75, 3.05) is 20.3 Å². The SMILES string of the molecule is C#Cc1ccc2c(ccc3nc([C@@H]4CC[C@H](C)N4C(=O)[C@@H](NC(=O)OC)C4CCOCC4)[nH]c32)c1. The first-order valence-corrected chi connectivity index (χ1v) is 12.1. The molecule has 1 aromatic heterocycles. The zero-order valence-electron chi connectivity index (χ0n) is 20.0. The molecule has 0 aliphatic carbocycles. The summed E-state index contributed by atoms with van der Waals surface area (Å²) in [5.41, 5.74) is 2.61. The van der Waals surface area contributed by atoms with E-state index in [0.717, 1.165) is 46.0 Å². The first kappa shape index (κ1) is 23.2. The van der Waals surface area contributed by atoms with Crippen LogP contribution in [0.5, 0.6) is 0 Å². The first-order valence-electron chi connectivity index (χ1n) is 12.1. The van der Waals surface area contributed by atoms with Crippen LogP contribution in [0, 0.1) is 18.3 Å². The minimum Gasteiger partial charge on any atom is -0.453 e. The molecule has 35 heavy (non-hydrogen) atoms. The van der Waals surface area contributed by atoms with Gasteiger partial charge in [-0.05, 0) is 62.1 Å². The third-order valence-electron chi connectivity index (χ3n) is 7.36. The van der Waals surface area contributed by atoms with Crippen molar-refractivity contribution in [1.82, 2.24) is 20.2 Å². The third-order valence-corrected chi connectivity index (χ3v) is 7.36. The monoisotopic (exact) mass is 474 g/mol. The molecule has 3 atom stereocenters. The van der Waals surface area contributed by atoms with Crippen molar-refractivity contribution >= 4 is 33.8 Å². The highest BCUT2D eigenvalue weighted by molar-refractivity contribution is 6.04. The first-order chi connectivity index (χ1) is 17.0. The Bertz CT molecular complexity index is 1300. The van der Waals surface area contributed by atoms with Gasteiger partial charge in [-0.1, -0.05) is 18.1 Å². The number of nitrogens with zero attached hydrogens (tertiary/aromatic N) is 2. The number of hydrogen-bond donors (Lipinski definition) is 2. The van der Waals surface area contributed by atoms with Crippen LogP contribution in [0.3, 0.4) is 0 Å². The lowest BCUT2D eigenvalue weighted by molar-refractivity contribution is -0.138. The van der Waals surface area contributed by atoms with Gasteiger partial charge < -0.3 is 24.7 Å². The summed E-state index contributed by atoms with van der Waals surface area (Å²) in [5.74, 6) is 3.34. The maximum Gasteiger partial charge on any atom is 0.407 e. The lowest BCUT2D eigenvalue weighted by atomic mass is 9.90. The van der Waals surface area contributed by atoms with Gasteiger partial charge in [0.25, 0.3) is 0 Å². The van der Waals surface area contributed by atoms with Gasteiger partial charge in [-0.15, -0.1) is 6.42 Å². The molecule has 0 bridgehead atoms. The number of H-pyrrole nitrogens is 1. The minimum absolute atomic E-state index is 0.00577. The van der Waals surface area contributed by atoms with Crippen molar-refractivity contribution in [3.63, 3.8) is 0 Å². The fourth-order valence-electron chi connectivity index (χ4n) is 5.48. The molecule has 0 unspecified atom stereocenters. The van der Waals surface area contributed by atoms with Gasteiger partial charge in [0.1, 0.15) is 11.9 Å². The Morgan fingerprint density at radius 2 is 2.03 bits per heavy atom. The van der Waals surface area contributed by atoms with Crippen molar-refractivity contribution < 1.29 is 19.1 Å². The second-order valence-corrected chi connectivity index (χ2v) is 9.41. The van der Waals surface area contributed by atoms with E-state index in [1.807, 2.05) is 35.2 Å². The van der Waals surface area contributed by atoms with E-state index in [4.69, 9.17) is 20.9 Å².